The molecule has 8 aliphatic rings. The third kappa shape index (κ3) is 15.3. The van der Waals surface area contributed by atoms with Crippen LogP contribution in [0.3, 0.4) is 0 Å². The molecular weight excluding hydrogens is 1270 g/mol. The molecule has 0 bridgehead atoms. The van der Waals surface area contributed by atoms with Gasteiger partial charge in [0.05, 0.1) is 83.4 Å². The molecular formula is C67H118O29. The first-order chi connectivity index (χ1) is 44.5. The third-order valence-corrected chi connectivity index (χ3v) is 24.3. The molecule has 5 saturated heterocycles. The Morgan fingerprint density at radius 2 is 0.969 bits per heavy atom. The van der Waals surface area contributed by atoms with Crippen molar-refractivity contribution in [2.24, 2.45) is 46.3 Å². The van der Waals surface area contributed by atoms with Crippen molar-refractivity contribution in [2.75, 3.05) is 59.5 Å². The molecule has 18 unspecified atom stereocenters. The number of hydrogen-bond donors (Lipinski definition) is 19. The maximum absolute atomic E-state index is 12.6. The van der Waals surface area contributed by atoms with Crippen LogP contribution in [0.5, 0.6) is 0 Å². The van der Waals surface area contributed by atoms with E-state index in [4.69, 9.17) is 47.4 Å². The van der Waals surface area contributed by atoms with Crippen LogP contribution < -0.4 is 0 Å². The molecule has 0 amide bonds. The minimum absolute atomic E-state index is 0.00491. The number of fused-ring (bicyclic) bond motifs is 3. The van der Waals surface area contributed by atoms with Crippen LogP contribution in [-0.2, 0) is 47.4 Å². The number of ether oxygens (including phenoxy) is 10. The van der Waals surface area contributed by atoms with E-state index in [0.717, 1.165) is 0 Å². The van der Waals surface area contributed by atoms with Crippen molar-refractivity contribution >= 4 is 0 Å². The highest BCUT2D eigenvalue weighted by Crippen LogP contribution is 2.64. The highest BCUT2D eigenvalue weighted by atomic mass is 16.7. The zero-order valence-corrected chi connectivity index (χ0v) is 58.0. The van der Waals surface area contributed by atoms with Crippen LogP contribution in [-0.4, -0.2) is 331 Å². The lowest BCUT2D eigenvalue weighted by atomic mass is 9.44. The number of aliphatic hydroxyl groups excluding tert-OH is 18. The molecule has 5 heterocycles. The Kier molecular flexibility index (Phi) is 25.4. The fraction of sp³-hybridized carbons (Fsp3) is 0.970. The standard InChI is InChI=1S/C67H118O29/c1-30(14-18-44(61(6,7)86)90-29-65(11)59(96-67(13)58(85)53(80)47(74)39(23-70)95-67)54(81)49(76)41(94-65)25-88-27-63(9)56(83)51(78)46(73)38(22-69)92-63)31(2)33-20-42(71)66(12)34(32(33)3)15-16-35-36(66)17-19-43(60(35,4)5)89-28-64(10)57(84)52(79)48(75)40(93-64)24-87-26-62(8)55(82)50(77)45(72)37(21-68)91-62/h16,30-34,36-59,68-86H,14-15,17-29H2,1-13H3/t30?,31-,32-,33?,34?,36-,37?,38?,39?,40?,41?,42+,43?,44?,45+,46-,47-,48+,49-,50?,51-,52?,53-,54-,55-,56?,57-,58?,59?,62?,63?,64?,65+,66-,67+/m0/s1. The fourth-order valence-electron chi connectivity index (χ4n) is 17.5. The molecule has 2 saturated carbocycles. The van der Waals surface area contributed by atoms with Crippen LogP contribution in [0.1, 0.15) is 129 Å². The zero-order valence-electron chi connectivity index (χ0n) is 58.0. The van der Waals surface area contributed by atoms with Gasteiger partial charge in [0, 0.05) is 10.8 Å². The van der Waals surface area contributed by atoms with Gasteiger partial charge < -0.3 is 144 Å². The van der Waals surface area contributed by atoms with Gasteiger partial charge in [0.2, 0.25) is 0 Å². The Morgan fingerprint density at radius 3 is 1.46 bits per heavy atom. The predicted molar refractivity (Wildman–Crippen MR) is 336 cm³/mol. The molecule has 96 heavy (non-hydrogen) atoms. The molecule has 29 heteroatoms. The smallest absolute Gasteiger partial charge is 0.195 e. The number of allylic oxidation sites excluding steroid dienone is 1. The number of aliphatic hydroxyl groups is 19. The molecule has 0 aromatic carbocycles. The Labute approximate surface area is 562 Å². The maximum Gasteiger partial charge on any atom is 0.195 e. The summed E-state index contributed by atoms with van der Waals surface area (Å²) in [4.78, 5) is 0. The summed E-state index contributed by atoms with van der Waals surface area (Å²) in [5, 5.41) is 207. The van der Waals surface area contributed by atoms with Gasteiger partial charge in [0.25, 0.3) is 0 Å². The maximum atomic E-state index is 12.6. The number of rotatable bonds is 25. The second kappa shape index (κ2) is 30.3. The molecule has 19 N–H and O–H groups in total. The van der Waals surface area contributed by atoms with E-state index in [1.54, 1.807) is 20.8 Å². The van der Waals surface area contributed by atoms with Crippen molar-refractivity contribution in [3.63, 3.8) is 0 Å². The van der Waals surface area contributed by atoms with E-state index in [-0.39, 0.29) is 61.4 Å². The summed E-state index contributed by atoms with van der Waals surface area (Å²) < 4.78 is 61.6. The van der Waals surface area contributed by atoms with E-state index in [2.05, 4.69) is 47.6 Å². The normalized spacial score (nSPS) is 50.2. The second-order valence-electron chi connectivity index (χ2n) is 32.0. The molecule has 3 aliphatic carbocycles. The lowest BCUT2D eigenvalue weighted by molar-refractivity contribution is -0.402. The van der Waals surface area contributed by atoms with Crippen molar-refractivity contribution < 1.29 is 144 Å². The highest BCUT2D eigenvalue weighted by molar-refractivity contribution is 5.29. The van der Waals surface area contributed by atoms with Crippen molar-refractivity contribution in [1.82, 2.24) is 0 Å². The molecule has 5 aliphatic heterocycles. The van der Waals surface area contributed by atoms with Crippen LogP contribution in [0.2, 0.25) is 0 Å². The molecule has 0 aromatic rings. The summed E-state index contributed by atoms with van der Waals surface area (Å²) in [5.41, 5.74) is -7.99. The van der Waals surface area contributed by atoms with Crippen molar-refractivity contribution in [3.05, 3.63) is 11.6 Å². The quantitative estimate of drug-likeness (QED) is 0.0390. The summed E-state index contributed by atoms with van der Waals surface area (Å²) in [7, 11) is 0. The topological polar surface area (TPSA) is 477 Å². The Hall–Kier alpha value is -1.42. The van der Waals surface area contributed by atoms with Crippen LogP contribution in [0, 0.1) is 46.3 Å². The summed E-state index contributed by atoms with van der Waals surface area (Å²) in [6.07, 6.45) is -28.3. The Bertz CT molecular complexity index is 2540. The third-order valence-electron chi connectivity index (χ3n) is 24.3. The monoisotopic (exact) mass is 1390 g/mol. The van der Waals surface area contributed by atoms with Gasteiger partial charge in [-0.15, -0.1) is 0 Å². The SMILES string of the molecule is CC(CCC(OC[C@@]1(C)OC(COCC2(C)OC(CO)[C@H](O)[C@H](O)C2O)[C@H](O)[C@H](O)C1O[C@@]1(C)OC(CO)[C@H](O)[C@H](O)C1O)C(C)(C)O)[C@H](C)C1C[C@@H](O)[C@@]2(C)C(CC=C3[C@@H]2CCC(OCC2(C)OC(COCC4(C)OC(CO)[C@@H](O)C(O)[C@@H]4O)[C@@H](O)C(O)[C@@H]2O)C3(C)C)[C@H]1C. The van der Waals surface area contributed by atoms with E-state index in [1.807, 2.05) is 0 Å². The average Bonchev–Trinajstić information content (AvgIpc) is 0.712. The largest absolute Gasteiger partial charge is 0.394 e. The lowest BCUT2D eigenvalue weighted by Gasteiger charge is -2.62. The molecule has 7 fully saturated rings. The summed E-state index contributed by atoms with van der Waals surface area (Å²) >= 11 is 0. The van der Waals surface area contributed by atoms with Crippen LogP contribution in [0.15, 0.2) is 11.6 Å². The van der Waals surface area contributed by atoms with Gasteiger partial charge in [-0.3, -0.25) is 0 Å². The van der Waals surface area contributed by atoms with E-state index < -0.39 is 219 Å². The Balaban J connectivity index is 0.914. The van der Waals surface area contributed by atoms with E-state index in [1.165, 1.54) is 33.3 Å². The first-order valence-electron chi connectivity index (χ1n) is 34.4. The molecule has 0 aromatic heterocycles. The van der Waals surface area contributed by atoms with Crippen molar-refractivity contribution in [1.29, 1.82) is 0 Å². The zero-order chi connectivity index (χ0) is 71.7. The number of hydrogen-bond acceptors (Lipinski definition) is 29. The van der Waals surface area contributed by atoms with Gasteiger partial charge in [-0.1, -0.05) is 53.2 Å². The molecule has 0 spiro atoms. The van der Waals surface area contributed by atoms with Crippen LogP contribution >= 0.6 is 0 Å². The highest BCUT2D eigenvalue weighted by Gasteiger charge is 2.63. The molecule has 29 nitrogen and oxygen atoms in total. The van der Waals surface area contributed by atoms with Gasteiger partial charge >= 0.3 is 0 Å². The van der Waals surface area contributed by atoms with Crippen molar-refractivity contribution in [2.45, 2.75) is 303 Å². The average molecular weight is 1390 g/mol. The molecule has 0 radical (unpaired) electrons. The molecule has 560 valence electrons. The van der Waals surface area contributed by atoms with Gasteiger partial charge in [0.15, 0.2) is 5.79 Å². The van der Waals surface area contributed by atoms with Gasteiger partial charge in [-0.2, -0.15) is 0 Å². The summed E-state index contributed by atoms with van der Waals surface area (Å²) in [6.45, 7) is 18.9. The molecule has 8 rings (SSSR count). The Morgan fingerprint density at radius 1 is 0.531 bits per heavy atom. The van der Waals surface area contributed by atoms with Gasteiger partial charge in [0.1, 0.15) is 144 Å². The van der Waals surface area contributed by atoms with E-state index >= 15 is 0 Å². The van der Waals surface area contributed by atoms with Gasteiger partial charge in [-0.25, -0.2) is 0 Å². The molecule has 35 atom stereocenters. The van der Waals surface area contributed by atoms with Crippen LogP contribution in [0.25, 0.3) is 0 Å². The minimum atomic E-state index is -2.25. The first-order valence-corrected chi connectivity index (χ1v) is 34.4. The fourth-order valence-corrected chi connectivity index (χ4v) is 17.5. The summed E-state index contributed by atoms with van der Waals surface area (Å²) in [6, 6.07) is 0. The van der Waals surface area contributed by atoms with Crippen molar-refractivity contribution in [3.8, 4) is 0 Å². The second-order valence-corrected chi connectivity index (χ2v) is 32.0. The van der Waals surface area contributed by atoms with Gasteiger partial charge in [-0.05, 0) is 122 Å². The lowest BCUT2D eigenvalue weighted by Crippen LogP contribution is -2.72. The van der Waals surface area contributed by atoms with E-state index in [9.17, 15) is 97.0 Å². The minimum Gasteiger partial charge on any atom is -0.394 e. The summed E-state index contributed by atoms with van der Waals surface area (Å²) in [5.74, 6) is -1.79. The predicted octanol–water partition coefficient (Wildman–Crippen LogP) is -3.82. The van der Waals surface area contributed by atoms with E-state index in [0.29, 0.717) is 38.5 Å². The first kappa shape index (κ1) is 80.3. The van der Waals surface area contributed by atoms with Crippen LogP contribution in [0.4, 0.5) is 0 Å².